The summed E-state index contributed by atoms with van der Waals surface area (Å²) in [6, 6.07) is 19.7. The zero-order valence-corrected chi connectivity index (χ0v) is 19.0. The minimum Gasteiger partial charge on any atom is -0.493 e. The van der Waals surface area contributed by atoms with Crippen molar-refractivity contribution in [2.75, 3.05) is 14.2 Å². The van der Waals surface area contributed by atoms with Crippen molar-refractivity contribution < 1.29 is 18.9 Å². The van der Waals surface area contributed by atoms with Gasteiger partial charge in [-0.25, -0.2) is 0 Å². The van der Waals surface area contributed by atoms with Gasteiger partial charge in [0.15, 0.2) is 23.0 Å². The quantitative estimate of drug-likeness (QED) is 0.253. The van der Waals surface area contributed by atoms with Crippen molar-refractivity contribution in [3.05, 3.63) is 108 Å². The highest BCUT2D eigenvalue weighted by Crippen LogP contribution is 2.36. The maximum absolute atomic E-state index is 6.33. The zero-order valence-electron chi connectivity index (χ0n) is 19.0. The van der Waals surface area contributed by atoms with E-state index >= 15 is 0 Å². The van der Waals surface area contributed by atoms with Gasteiger partial charge < -0.3 is 18.9 Å². The van der Waals surface area contributed by atoms with Gasteiger partial charge in [0.2, 0.25) is 0 Å². The molecule has 0 aliphatic carbocycles. The number of rotatable bonds is 11. The van der Waals surface area contributed by atoms with Crippen molar-refractivity contribution in [1.29, 1.82) is 0 Å². The van der Waals surface area contributed by atoms with Crippen LogP contribution in [0.1, 0.15) is 28.5 Å². The topological polar surface area (TPSA) is 36.9 Å². The SMILES string of the molecule is C=CCc1ccc(OC(Oc2ccc(CC=C)cc2OC)c2ccc(C)cc2)c(OC)c1. The maximum Gasteiger partial charge on any atom is 0.267 e. The van der Waals surface area contributed by atoms with E-state index in [9.17, 15) is 0 Å². The van der Waals surface area contributed by atoms with Gasteiger partial charge in [-0.3, -0.25) is 0 Å². The molecule has 0 amide bonds. The Kier molecular flexibility index (Phi) is 7.98. The van der Waals surface area contributed by atoms with E-state index in [1.807, 2.05) is 79.7 Å². The highest BCUT2D eigenvalue weighted by atomic mass is 16.7. The van der Waals surface area contributed by atoms with E-state index in [1.165, 1.54) is 0 Å². The normalized spacial score (nSPS) is 10.5. The number of ether oxygens (including phenoxy) is 4. The predicted molar refractivity (Wildman–Crippen MR) is 129 cm³/mol. The molecule has 0 aliphatic rings. The molecule has 3 rings (SSSR count). The number of aryl methyl sites for hydroxylation is 1. The Bertz CT molecular complexity index is 990. The van der Waals surface area contributed by atoms with Gasteiger partial charge in [0, 0.05) is 5.56 Å². The van der Waals surface area contributed by atoms with E-state index in [0.717, 1.165) is 35.1 Å². The fourth-order valence-corrected chi connectivity index (χ4v) is 3.32. The first-order valence-electron chi connectivity index (χ1n) is 10.5. The van der Waals surface area contributed by atoms with Crippen LogP contribution in [0.3, 0.4) is 0 Å². The molecule has 0 heterocycles. The van der Waals surface area contributed by atoms with Crippen molar-refractivity contribution in [3.63, 3.8) is 0 Å². The van der Waals surface area contributed by atoms with Crippen LogP contribution in [0.5, 0.6) is 23.0 Å². The van der Waals surface area contributed by atoms with Crippen LogP contribution in [0.2, 0.25) is 0 Å². The number of methoxy groups -OCH3 is 2. The van der Waals surface area contributed by atoms with Crippen molar-refractivity contribution in [2.24, 2.45) is 0 Å². The second kappa shape index (κ2) is 11.1. The molecule has 3 aromatic carbocycles. The molecule has 0 bridgehead atoms. The first kappa shape index (κ1) is 23.0. The van der Waals surface area contributed by atoms with Crippen molar-refractivity contribution in [1.82, 2.24) is 0 Å². The summed E-state index contributed by atoms with van der Waals surface area (Å²) in [5.74, 6) is 2.46. The fourth-order valence-electron chi connectivity index (χ4n) is 3.32. The molecule has 0 unspecified atom stereocenters. The van der Waals surface area contributed by atoms with Crippen LogP contribution >= 0.6 is 0 Å². The van der Waals surface area contributed by atoms with E-state index in [-0.39, 0.29) is 0 Å². The van der Waals surface area contributed by atoms with Crippen LogP contribution in [0.4, 0.5) is 0 Å². The number of benzene rings is 3. The monoisotopic (exact) mass is 430 g/mol. The van der Waals surface area contributed by atoms with Crippen LogP contribution in [0, 0.1) is 6.92 Å². The van der Waals surface area contributed by atoms with Crippen LogP contribution in [0.15, 0.2) is 86.0 Å². The molecule has 0 N–H and O–H groups in total. The molecule has 32 heavy (non-hydrogen) atoms. The second-order valence-corrected chi connectivity index (χ2v) is 7.43. The summed E-state index contributed by atoms with van der Waals surface area (Å²) in [6.45, 7) is 9.65. The van der Waals surface area contributed by atoms with Gasteiger partial charge in [0.05, 0.1) is 14.2 Å². The molecule has 0 aliphatic heterocycles. The molecule has 0 spiro atoms. The molecule has 0 atom stereocenters. The first-order chi connectivity index (χ1) is 15.6. The number of allylic oxidation sites excluding steroid dienone is 2. The molecule has 0 fully saturated rings. The fraction of sp³-hybridized carbons (Fsp3) is 0.214. The number of hydrogen-bond donors (Lipinski definition) is 0. The minimum atomic E-state index is -0.700. The minimum absolute atomic E-state index is 0.591. The van der Waals surface area contributed by atoms with Gasteiger partial charge in [-0.05, 0) is 55.2 Å². The molecule has 166 valence electrons. The molecule has 0 saturated carbocycles. The summed E-state index contributed by atoms with van der Waals surface area (Å²) in [6.07, 6.45) is 4.52. The van der Waals surface area contributed by atoms with Crippen LogP contribution in [-0.2, 0) is 12.8 Å². The average molecular weight is 431 g/mol. The van der Waals surface area contributed by atoms with Crippen LogP contribution in [0.25, 0.3) is 0 Å². The Labute approximate surface area is 190 Å². The highest BCUT2D eigenvalue weighted by molar-refractivity contribution is 5.45. The lowest BCUT2D eigenvalue weighted by Crippen LogP contribution is -2.16. The molecule has 0 saturated heterocycles. The summed E-state index contributed by atoms with van der Waals surface area (Å²) >= 11 is 0. The highest BCUT2D eigenvalue weighted by Gasteiger charge is 2.20. The standard InChI is InChI=1S/C28H30O4/c1-6-8-21-12-16-24(26(18-21)29-4)31-28(23-14-10-20(3)11-15-23)32-25-17-13-22(9-7-2)19-27(25)30-5/h6-7,10-19,28H,1-2,8-9H2,3-5H3. The molecule has 3 aromatic rings. The van der Waals surface area contributed by atoms with E-state index < -0.39 is 6.29 Å². The molecule has 0 radical (unpaired) electrons. The van der Waals surface area contributed by atoms with Gasteiger partial charge in [-0.2, -0.15) is 0 Å². The first-order valence-corrected chi connectivity index (χ1v) is 10.5. The third kappa shape index (κ3) is 5.73. The third-order valence-electron chi connectivity index (χ3n) is 5.03. The third-order valence-corrected chi connectivity index (χ3v) is 5.03. The van der Waals surface area contributed by atoms with Crippen molar-refractivity contribution >= 4 is 0 Å². The second-order valence-electron chi connectivity index (χ2n) is 7.43. The summed E-state index contributed by atoms with van der Waals surface area (Å²) in [5, 5.41) is 0. The lowest BCUT2D eigenvalue weighted by atomic mass is 10.1. The summed E-state index contributed by atoms with van der Waals surface area (Å²) < 4.78 is 23.8. The van der Waals surface area contributed by atoms with Gasteiger partial charge in [-0.15, -0.1) is 13.2 Å². The zero-order chi connectivity index (χ0) is 22.9. The largest absolute Gasteiger partial charge is 0.493 e. The predicted octanol–water partition coefficient (Wildman–Crippen LogP) is 6.63. The van der Waals surface area contributed by atoms with E-state index in [2.05, 4.69) is 13.2 Å². The summed E-state index contributed by atoms with van der Waals surface area (Å²) in [5.41, 5.74) is 4.23. The van der Waals surface area contributed by atoms with Gasteiger partial charge in [-0.1, -0.05) is 54.1 Å². The Hall–Kier alpha value is -3.66. The van der Waals surface area contributed by atoms with Gasteiger partial charge in [0.1, 0.15) is 0 Å². The van der Waals surface area contributed by atoms with Crippen molar-refractivity contribution in [3.8, 4) is 23.0 Å². The lowest BCUT2D eigenvalue weighted by Gasteiger charge is -2.23. The Morgan fingerprint density at radius 1 is 0.688 bits per heavy atom. The maximum atomic E-state index is 6.33. The Morgan fingerprint density at radius 3 is 1.56 bits per heavy atom. The molecular formula is C28H30O4. The Balaban J connectivity index is 1.96. The van der Waals surface area contributed by atoms with E-state index in [4.69, 9.17) is 18.9 Å². The molecular weight excluding hydrogens is 400 g/mol. The summed E-state index contributed by atoms with van der Waals surface area (Å²) in [7, 11) is 3.26. The molecule has 0 aromatic heterocycles. The number of hydrogen-bond acceptors (Lipinski definition) is 4. The molecule has 4 heteroatoms. The summed E-state index contributed by atoms with van der Waals surface area (Å²) in [4.78, 5) is 0. The van der Waals surface area contributed by atoms with Crippen LogP contribution < -0.4 is 18.9 Å². The smallest absolute Gasteiger partial charge is 0.267 e. The van der Waals surface area contributed by atoms with Gasteiger partial charge in [0.25, 0.3) is 6.29 Å². The van der Waals surface area contributed by atoms with Crippen molar-refractivity contribution in [2.45, 2.75) is 26.1 Å². The van der Waals surface area contributed by atoms with Gasteiger partial charge >= 0.3 is 0 Å². The van der Waals surface area contributed by atoms with E-state index in [1.54, 1.807) is 14.2 Å². The average Bonchev–Trinajstić information content (AvgIpc) is 2.81. The molecule has 4 nitrogen and oxygen atoms in total. The Morgan fingerprint density at radius 2 is 1.16 bits per heavy atom. The van der Waals surface area contributed by atoms with E-state index in [0.29, 0.717) is 23.0 Å². The lowest BCUT2D eigenvalue weighted by molar-refractivity contribution is 0.000139. The van der Waals surface area contributed by atoms with Crippen LogP contribution in [-0.4, -0.2) is 14.2 Å².